The average molecular weight is 365 g/mol. The van der Waals surface area contributed by atoms with Crippen LogP contribution in [0.1, 0.15) is 70.3 Å². The number of hydrogen-bond acceptors (Lipinski definition) is 4. The van der Waals surface area contributed by atoms with Gasteiger partial charge in [0.05, 0.1) is 0 Å². The van der Waals surface area contributed by atoms with Crippen molar-refractivity contribution in [2.45, 2.75) is 77.2 Å². The van der Waals surface area contributed by atoms with Crippen LogP contribution < -0.4 is 5.32 Å². The number of hydrogen-bond donors (Lipinski definition) is 4. The van der Waals surface area contributed by atoms with Gasteiger partial charge in [-0.1, -0.05) is 57.9 Å². The van der Waals surface area contributed by atoms with E-state index in [9.17, 15) is 24.9 Å². The maximum absolute atomic E-state index is 12.0. The predicted octanol–water partition coefficient (Wildman–Crippen LogP) is 3.74. The number of benzene rings is 1. The highest BCUT2D eigenvalue weighted by molar-refractivity contribution is 5.83. The van der Waals surface area contributed by atoms with Gasteiger partial charge in [-0.05, 0) is 24.1 Å². The molecule has 0 saturated carbocycles. The van der Waals surface area contributed by atoms with Gasteiger partial charge in [-0.15, -0.1) is 0 Å². The van der Waals surface area contributed by atoms with Crippen molar-refractivity contribution in [3.63, 3.8) is 0 Å². The van der Waals surface area contributed by atoms with E-state index in [1.54, 1.807) is 0 Å². The Bertz CT molecular complexity index is 573. The fourth-order valence-corrected chi connectivity index (χ4v) is 2.82. The fraction of sp³-hybridized carbons (Fsp3) is 0.600. The summed E-state index contributed by atoms with van der Waals surface area (Å²) < 4.78 is 0. The molecule has 0 aliphatic heterocycles. The van der Waals surface area contributed by atoms with E-state index in [0.717, 1.165) is 19.3 Å². The lowest BCUT2D eigenvalue weighted by molar-refractivity contribution is -0.141. The van der Waals surface area contributed by atoms with Gasteiger partial charge in [-0.3, -0.25) is 4.79 Å². The van der Waals surface area contributed by atoms with Crippen LogP contribution in [0.3, 0.4) is 0 Å². The number of aliphatic carboxylic acids is 1. The Morgan fingerprint density at radius 3 is 2.15 bits per heavy atom. The molecule has 0 unspecified atom stereocenters. The number of rotatable bonds is 13. The third-order valence-corrected chi connectivity index (χ3v) is 4.37. The number of unbranched alkanes of at least 4 members (excludes halogenated alkanes) is 7. The Morgan fingerprint density at radius 2 is 1.58 bits per heavy atom. The maximum atomic E-state index is 12.0. The van der Waals surface area contributed by atoms with Crippen LogP contribution in [0, 0.1) is 0 Å². The van der Waals surface area contributed by atoms with E-state index in [1.807, 2.05) is 0 Å². The minimum atomic E-state index is -1.12. The molecular weight excluding hydrogens is 334 g/mol. The Balaban J connectivity index is 2.32. The van der Waals surface area contributed by atoms with Crippen LogP contribution in [0.4, 0.5) is 0 Å². The molecule has 0 fully saturated rings. The second kappa shape index (κ2) is 12.2. The lowest BCUT2D eigenvalue weighted by atomic mass is 10.0. The molecule has 0 aliphatic carbocycles. The van der Waals surface area contributed by atoms with Crippen LogP contribution in [0.25, 0.3) is 0 Å². The van der Waals surface area contributed by atoms with E-state index < -0.39 is 12.0 Å². The van der Waals surface area contributed by atoms with Crippen LogP contribution >= 0.6 is 0 Å². The highest BCUT2D eigenvalue weighted by Crippen LogP contribution is 2.25. The van der Waals surface area contributed by atoms with Crippen LogP contribution in [-0.2, 0) is 16.0 Å². The summed E-state index contributed by atoms with van der Waals surface area (Å²) in [7, 11) is 0. The number of carboxylic acid groups (broad SMARTS) is 1. The summed E-state index contributed by atoms with van der Waals surface area (Å²) in [6.07, 6.45) is 9.40. The van der Waals surface area contributed by atoms with Crippen molar-refractivity contribution in [2.75, 3.05) is 0 Å². The summed E-state index contributed by atoms with van der Waals surface area (Å²) in [6, 6.07) is 3.07. The Hall–Kier alpha value is -2.24. The van der Waals surface area contributed by atoms with Gasteiger partial charge in [0.1, 0.15) is 6.04 Å². The van der Waals surface area contributed by atoms with Gasteiger partial charge in [0.25, 0.3) is 0 Å². The number of carbonyl (C=O) groups excluding carboxylic acids is 1. The number of carbonyl (C=O) groups is 2. The highest BCUT2D eigenvalue weighted by atomic mass is 16.4. The van der Waals surface area contributed by atoms with Gasteiger partial charge >= 0.3 is 5.97 Å². The minimum absolute atomic E-state index is 0.0480. The molecule has 0 saturated heterocycles. The summed E-state index contributed by atoms with van der Waals surface area (Å²) in [5.41, 5.74) is 0.528. The van der Waals surface area contributed by atoms with Crippen molar-refractivity contribution in [1.82, 2.24) is 5.32 Å². The van der Waals surface area contributed by atoms with Gasteiger partial charge in [0.15, 0.2) is 11.5 Å². The summed E-state index contributed by atoms with van der Waals surface area (Å²) in [4.78, 5) is 23.3. The lowest BCUT2D eigenvalue weighted by Crippen LogP contribution is -2.42. The van der Waals surface area contributed by atoms with E-state index in [4.69, 9.17) is 0 Å². The normalized spacial score (nSPS) is 11.9. The number of phenolic OH excluding ortho intramolecular Hbond substituents is 2. The Morgan fingerprint density at radius 1 is 0.962 bits per heavy atom. The zero-order chi connectivity index (χ0) is 19.4. The van der Waals surface area contributed by atoms with E-state index in [2.05, 4.69) is 12.2 Å². The monoisotopic (exact) mass is 365 g/mol. The van der Waals surface area contributed by atoms with Gasteiger partial charge in [0, 0.05) is 12.8 Å². The van der Waals surface area contributed by atoms with E-state index in [1.165, 1.54) is 50.3 Å². The first-order chi connectivity index (χ1) is 12.4. The zero-order valence-electron chi connectivity index (χ0n) is 15.5. The molecule has 1 aromatic rings. The molecular formula is C20H31NO5. The summed E-state index contributed by atoms with van der Waals surface area (Å²) in [5.74, 6) is -1.97. The summed E-state index contributed by atoms with van der Waals surface area (Å²) in [6.45, 7) is 2.19. The molecule has 6 nitrogen and oxygen atoms in total. The van der Waals surface area contributed by atoms with Gasteiger partial charge < -0.3 is 20.6 Å². The number of nitrogens with one attached hydrogen (secondary N) is 1. The van der Waals surface area contributed by atoms with Crippen LogP contribution in [0.5, 0.6) is 11.5 Å². The first-order valence-corrected chi connectivity index (χ1v) is 9.47. The van der Waals surface area contributed by atoms with Crippen LogP contribution in [0.2, 0.25) is 0 Å². The van der Waals surface area contributed by atoms with Gasteiger partial charge in [-0.2, -0.15) is 0 Å². The second-order valence-corrected chi connectivity index (χ2v) is 6.71. The molecule has 4 N–H and O–H groups in total. The second-order valence-electron chi connectivity index (χ2n) is 6.71. The van der Waals surface area contributed by atoms with Crippen molar-refractivity contribution < 1.29 is 24.9 Å². The first kappa shape index (κ1) is 21.8. The molecule has 0 aliphatic rings. The quantitative estimate of drug-likeness (QED) is 0.315. The number of aromatic hydroxyl groups is 2. The zero-order valence-corrected chi connectivity index (χ0v) is 15.5. The average Bonchev–Trinajstić information content (AvgIpc) is 2.59. The molecule has 0 radical (unpaired) electrons. The number of amides is 1. The van der Waals surface area contributed by atoms with Crippen molar-refractivity contribution in [3.05, 3.63) is 23.8 Å². The van der Waals surface area contributed by atoms with Crippen LogP contribution in [0.15, 0.2) is 18.2 Å². The molecule has 146 valence electrons. The first-order valence-electron chi connectivity index (χ1n) is 9.47. The molecule has 6 heteroatoms. The molecule has 1 amide bonds. The third kappa shape index (κ3) is 8.74. The molecule has 0 spiro atoms. The number of phenols is 2. The third-order valence-electron chi connectivity index (χ3n) is 4.37. The predicted molar refractivity (Wildman–Crippen MR) is 100 cm³/mol. The van der Waals surface area contributed by atoms with Crippen molar-refractivity contribution in [3.8, 4) is 11.5 Å². The molecule has 26 heavy (non-hydrogen) atoms. The largest absolute Gasteiger partial charge is 0.504 e. The Labute approximate surface area is 155 Å². The molecule has 0 aromatic heterocycles. The molecule has 0 bridgehead atoms. The van der Waals surface area contributed by atoms with Gasteiger partial charge in [0.2, 0.25) is 5.91 Å². The van der Waals surface area contributed by atoms with E-state index in [-0.39, 0.29) is 23.8 Å². The van der Waals surface area contributed by atoms with Gasteiger partial charge in [-0.25, -0.2) is 4.79 Å². The van der Waals surface area contributed by atoms with Crippen LogP contribution in [-0.4, -0.2) is 33.2 Å². The number of carboxylic acids is 1. The van der Waals surface area contributed by atoms with Crippen molar-refractivity contribution in [1.29, 1.82) is 0 Å². The topological polar surface area (TPSA) is 107 Å². The van der Waals surface area contributed by atoms with E-state index >= 15 is 0 Å². The van der Waals surface area contributed by atoms with E-state index in [0.29, 0.717) is 12.0 Å². The standard InChI is InChI=1S/C20H31NO5/c1-2-3-4-5-6-7-8-9-10-19(24)21-16(20(25)26)13-15-11-12-17(22)18(23)14-15/h11-12,14,16,22-23H,2-10,13H2,1H3,(H,21,24)(H,25,26)/t16-/m0/s1. The summed E-state index contributed by atoms with van der Waals surface area (Å²) >= 11 is 0. The SMILES string of the molecule is CCCCCCCCCCC(=O)N[C@@H](Cc1ccc(O)c(O)c1)C(=O)O. The fourth-order valence-electron chi connectivity index (χ4n) is 2.82. The highest BCUT2D eigenvalue weighted by Gasteiger charge is 2.20. The maximum Gasteiger partial charge on any atom is 0.326 e. The smallest absolute Gasteiger partial charge is 0.326 e. The minimum Gasteiger partial charge on any atom is -0.504 e. The summed E-state index contributed by atoms with van der Waals surface area (Å²) in [5, 5.41) is 30.6. The lowest BCUT2D eigenvalue weighted by Gasteiger charge is -2.15. The molecule has 1 atom stereocenters. The van der Waals surface area contributed by atoms with Crippen molar-refractivity contribution in [2.24, 2.45) is 0 Å². The van der Waals surface area contributed by atoms with Crippen molar-refractivity contribution >= 4 is 11.9 Å². The molecule has 1 aromatic carbocycles. The Kier molecular flexibility index (Phi) is 10.2. The molecule has 1 rings (SSSR count). The molecule has 0 heterocycles.